The molecule has 0 saturated carbocycles. The summed E-state index contributed by atoms with van der Waals surface area (Å²) in [6.45, 7) is 9.37. The van der Waals surface area contributed by atoms with Gasteiger partial charge in [0, 0.05) is 0 Å². The molecule has 0 aromatic rings. The van der Waals surface area contributed by atoms with E-state index in [1.807, 2.05) is 5.92 Å². The molecule has 0 heterocycles. The third-order valence-electron chi connectivity index (χ3n) is 6.59. The van der Waals surface area contributed by atoms with Crippen molar-refractivity contribution in [3.8, 4) is 0 Å². The van der Waals surface area contributed by atoms with E-state index in [2.05, 4.69) is 27.7 Å². The second-order valence-electron chi connectivity index (χ2n) is 9.38. The summed E-state index contributed by atoms with van der Waals surface area (Å²) in [5.41, 5.74) is 0. The van der Waals surface area contributed by atoms with Crippen LogP contribution in [0.1, 0.15) is 169 Å². The van der Waals surface area contributed by atoms with Gasteiger partial charge in [0.2, 0.25) is 0 Å². The molecule has 0 aromatic carbocycles. The Morgan fingerprint density at radius 1 is 0.393 bits per heavy atom. The smallest absolute Gasteiger partial charge is 0.0210 e. The standard InChI is InChI=1S/C28H57/c1-5-9-13-14-15-16-17-18-19-20-21-22-26-28(25-12-8-4)27(23-10-6-2)24-11-7-3/h28H,5-26H2,1-4H3. The zero-order valence-electron chi connectivity index (χ0n) is 20.6. The van der Waals surface area contributed by atoms with Gasteiger partial charge in [0.1, 0.15) is 0 Å². The zero-order valence-corrected chi connectivity index (χ0v) is 20.6. The van der Waals surface area contributed by atoms with E-state index in [-0.39, 0.29) is 0 Å². The minimum absolute atomic E-state index is 0.946. The molecule has 0 rings (SSSR count). The van der Waals surface area contributed by atoms with Crippen molar-refractivity contribution in [2.75, 3.05) is 0 Å². The van der Waals surface area contributed by atoms with E-state index in [1.54, 1.807) is 0 Å². The van der Waals surface area contributed by atoms with Crippen LogP contribution in [0.5, 0.6) is 0 Å². The molecular weight excluding hydrogens is 336 g/mol. The number of rotatable bonds is 23. The summed E-state index contributed by atoms with van der Waals surface area (Å²) in [6, 6.07) is 0. The maximum atomic E-state index is 2.36. The summed E-state index contributed by atoms with van der Waals surface area (Å²) in [5.74, 6) is 2.89. The molecule has 0 aliphatic carbocycles. The fourth-order valence-corrected chi connectivity index (χ4v) is 4.58. The maximum Gasteiger partial charge on any atom is -0.0210 e. The van der Waals surface area contributed by atoms with E-state index in [0.717, 1.165) is 5.92 Å². The monoisotopic (exact) mass is 393 g/mol. The average molecular weight is 394 g/mol. The molecule has 0 aliphatic rings. The van der Waals surface area contributed by atoms with Gasteiger partial charge in [-0.05, 0) is 37.5 Å². The van der Waals surface area contributed by atoms with Crippen LogP contribution in [-0.2, 0) is 0 Å². The Morgan fingerprint density at radius 2 is 0.750 bits per heavy atom. The first-order chi connectivity index (χ1) is 13.8. The summed E-state index contributed by atoms with van der Waals surface area (Å²) in [5, 5.41) is 0. The molecule has 0 nitrogen and oxygen atoms in total. The quantitative estimate of drug-likeness (QED) is 0.151. The van der Waals surface area contributed by atoms with Crippen LogP contribution in [0, 0.1) is 11.8 Å². The van der Waals surface area contributed by atoms with Crippen LogP contribution < -0.4 is 0 Å². The molecule has 0 aliphatic heterocycles. The van der Waals surface area contributed by atoms with Gasteiger partial charge in [-0.15, -0.1) is 0 Å². The highest BCUT2D eigenvalue weighted by Gasteiger charge is 2.20. The van der Waals surface area contributed by atoms with E-state index < -0.39 is 0 Å². The van der Waals surface area contributed by atoms with Gasteiger partial charge in [0.05, 0.1) is 0 Å². The minimum atomic E-state index is 0.946. The highest BCUT2D eigenvalue weighted by Crippen LogP contribution is 2.34. The fraction of sp³-hybridized carbons (Fsp3) is 0.964. The van der Waals surface area contributed by atoms with E-state index in [1.165, 1.54) is 141 Å². The molecule has 1 unspecified atom stereocenters. The molecular formula is C28H57. The van der Waals surface area contributed by atoms with Gasteiger partial charge in [0.15, 0.2) is 0 Å². The average Bonchev–Trinajstić information content (AvgIpc) is 2.71. The SMILES string of the molecule is CCCCCCCCCCCCCCC(CCCC)[C](CCCC)CCCC. The van der Waals surface area contributed by atoms with Gasteiger partial charge in [-0.3, -0.25) is 0 Å². The molecule has 0 bridgehead atoms. The molecule has 169 valence electrons. The summed E-state index contributed by atoms with van der Waals surface area (Å²) in [7, 11) is 0. The molecule has 0 amide bonds. The lowest BCUT2D eigenvalue weighted by Crippen LogP contribution is -2.14. The number of hydrogen-bond donors (Lipinski definition) is 0. The summed E-state index contributed by atoms with van der Waals surface area (Å²) in [4.78, 5) is 0. The number of unbranched alkanes of at least 4 members (excludes halogenated alkanes) is 14. The number of hydrogen-bond acceptors (Lipinski definition) is 0. The summed E-state index contributed by atoms with van der Waals surface area (Å²) in [6.07, 6.45) is 31.7. The van der Waals surface area contributed by atoms with Crippen molar-refractivity contribution >= 4 is 0 Å². The van der Waals surface area contributed by atoms with Crippen molar-refractivity contribution in [2.24, 2.45) is 5.92 Å². The lowest BCUT2D eigenvalue weighted by molar-refractivity contribution is 0.380. The molecule has 0 heteroatoms. The fourth-order valence-electron chi connectivity index (χ4n) is 4.58. The summed E-state index contributed by atoms with van der Waals surface area (Å²) >= 11 is 0. The van der Waals surface area contributed by atoms with Crippen LogP contribution in [0.25, 0.3) is 0 Å². The van der Waals surface area contributed by atoms with E-state index in [0.29, 0.717) is 0 Å². The lowest BCUT2D eigenvalue weighted by atomic mass is 9.78. The largest absolute Gasteiger partial charge is 0.0654 e. The van der Waals surface area contributed by atoms with Crippen LogP contribution in [0.2, 0.25) is 0 Å². The molecule has 0 saturated heterocycles. The van der Waals surface area contributed by atoms with Crippen molar-refractivity contribution in [1.29, 1.82) is 0 Å². The Bertz CT molecular complexity index is 261. The van der Waals surface area contributed by atoms with Crippen molar-refractivity contribution in [1.82, 2.24) is 0 Å². The normalized spacial score (nSPS) is 12.8. The van der Waals surface area contributed by atoms with Gasteiger partial charge in [-0.2, -0.15) is 0 Å². The lowest BCUT2D eigenvalue weighted by Gasteiger charge is -2.27. The van der Waals surface area contributed by atoms with E-state index in [4.69, 9.17) is 0 Å². The van der Waals surface area contributed by atoms with Gasteiger partial charge in [-0.25, -0.2) is 0 Å². The Morgan fingerprint density at radius 3 is 1.18 bits per heavy atom. The Labute approximate surface area is 181 Å². The molecule has 28 heavy (non-hydrogen) atoms. The highest BCUT2D eigenvalue weighted by molar-refractivity contribution is 4.96. The first kappa shape index (κ1) is 28.0. The highest BCUT2D eigenvalue weighted by atomic mass is 14.3. The van der Waals surface area contributed by atoms with Gasteiger partial charge >= 0.3 is 0 Å². The predicted octanol–water partition coefficient (Wildman–Crippen LogP) is 10.8. The molecule has 1 atom stereocenters. The third kappa shape index (κ3) is 18.1. The first-order valence-electron chi connectivity index (χ1n) is 13.6. The van der Waals surface area contributed by atoms with Crippen molar-refractivity contribution in [3.63, 3.8) is 0 Å². The Kier molecular flexibility index (Phi) is 23.3. The second kappa shape index (κ2) is 23.3. The summed E-state index contributed by atoms with van der Waals surface area (Å²) < 4.78 is 0. The van der Waals surface area contributed by atoms with Crippen LogP contribution in [0.4, 0.5) is 0 Å². The molecule has 0 fully saturated rings. The van der Waals surface area contributed by atoms with Crippen molar-refractivity contribution < 1.29 is 0 Å². The van der Waals surface area contributed by atoms with Crippen molar-refractivity contribution in [3.05, 3.63) is 5.92 Å². The molecule has 0 spiro atoms. The van der Waals surface area contributed by atoms with E-state index >= 15 is 0 Å². The predicted molar refractivity (Wildman–Crippen MR) is 131 cm³/mol. The van der Waals surface area contributed by atoms with Crippen LogP contribution in [0.3, 0.4) is 0 Å². The Hall–Kier alpha value is 0. The van der Waals surface area contributed by atoms with Crippen LogP contribution in [0.15, 0.2) is 0 Å². The Balaban J connectivity index is 3.88. The van der Waals surface area contributed by atoms with Gasteiger partial charge in [0.25, 0.3) is 0 Å². The third-order valence-corrected chi connectivity index (χ3v) is 6.59. The van der Waals surface area contributed by atoms with Gasteiger partial charge in [-0.1, -0.05) is 143 Å². The molecule has 0 N–H and O–H groups in total. The maximum absolute atomic E-state index is 2.36. The van der Waals surface area contributed by atoms with Crippen LogP contribution in [-0.4, -0.2) is 0 Å². The molecule has 0 aromatic heterocycles. The van der Waals surface area contributed by atoms with E-state index in [9.17, 15) is 0 Å². The second-order valence-corrected chi connectivity index (χ2v) is 9.38. The van der Waals surface area contributed by atoms with Crippen LogP contribution >= 0.6 is 0 Å². The minimum Gasteiger partial charge on any atom is -0.0654 e. The first-order valence-corrected chi connectivity index (χ1v) is 13.6. The van der Waals surface area contributed by atoms with Gasteiger partial charge < -0.3 is 0 Å². The zero-order chi connectivity index (χ0) is 20.7. The topological polar surface area (TPSA) is 0 Å². The van der Waals surface area contributed by atoms with Crippen molar-refractivity contribution in [2.45, 2.75) is 169 Å². The molecule has 1 radical (unpaired) electrons.